The molecule has 0 bridgehead atoms. The molecule has 94 valence electrons. The highest BCUT2D eigenvalue weighted by Gasteiger charge is 2.34. The molecular formula is C10H7F5O2. The van der Waals surface area contributed by atoms with Crippen LogP contribution in [0, 0.1) is 0 Å². The molecule has 0 saturated heterocycles. The van der Waals surface area contributed by atoms with Crippen LogP contribution in [0.3, 0.4) is 0 Å². The molecule has 0 N–H and O–H groups in total. The van der Waals surface area contributed by atoms with Crippen LogP contribution in [-0.2, 0) is 6.18 Å². The smallest absolute Gasteiger partial charge is 0.419 e. The lowest BCUT2D eigenvalue weighted by atomic mass is 10.1. The second kappa shape index (κ2) is 5.11. The molecule has 0 unspecified atom stereocenters. The summed E-state index contributed by atoms with van der Waals surface area (Å²) in [5.74, 6) is -0.719. The lowest BCUT2D eigenvalue weighted by Gasteiger charge is -2.14. The van der Waals surface area contributed by atoms with E-state index >= 15 is 0 Å². The summed E-state index contributed by atoms with van der Waals surface area (Å²) in [4.78, 5) is 10.3. The van der Waals surface area contributed by atoms with Crippen LogP contribution < -0.4 is 4.74 Å². The largest absolute Gasteiger partial charge is 0.487 e. The summed E-state index contributed by atoms with van der Waals surface area (Å²) in [6.07, 6.45) is -7.41. The molecule has 0 atom stereocenters. The highest BCUT2D eigenvalue weighted by molar-refractivity contribution is 5.75. The molecule has 0 aliphatic rings. The van der Waals surface area contributed by atoms with Crippen LogP contribution >= 0.6 is 0 Å². The van der Waals surface area contributed by atoms with Gasteiger partial charge in [-0.3, -0.25) is 4.79 Å². The van der Waals surface area contributed by atoms with E-state index in [-0.39, 0.29) is 11.8 Å². The Bertz CT molecular complexity index is 400. The van der Waals surface area contributed by atoms with Gasteiger partial charge in [-0.25, -0.2) is 8.78 Å². The maximum atomic E-state index is 12.5. The number of carbonyl (C=O) groups is 1. The van der Waals surface area contributed by atoms with Gasteiger partial charge >= 0.3 is 6.18 Å². The number of halogens is 5. The third kappa shape index (κ3) is 3.69. The van der Waals surface area contributed by atoms with E-state index in [1.165, 1.54) is 0 Å². The Kier molecular flexibility index (Phi) is 4.03. The number of alkyl halides is 5. The van der Waals surface area contributed by atoms with Crippen molar-refractivity contribution in [3.8, 4) is 5.75 Å². The van der Waals surface area contributed by atoms with Crippen LogP contribution in [0.5, 0.6) is 5.75 Å². The average molecular weight is 254 g/mol. The number of hydrogen-bond donors (Lipinski definition) is 0. The van der Waals surface area contributed by atoms with Gasteiger partial charge in [0.2, 0.25) is 0 Å². The van der Waals surface area contributed by atoms with E-state index in [0.717, 1.165) is 12.1 Å². The predicted molar refractivity (Wildman–Crippen MR) is 48.3 cm³/mol. The van der Waals surface area contributed by atoms with Crippen LogP contribution in [-0.4, -0.2) is 19.3 Å². The van der Waals surface area contributed by atoms with Gasteiger partial charge < -0.3 is 4.74 Å². The van der Waals surface area contributed by atoms with Crippen LogP contribution in [0.25, 0.3) is 0 Å². The maximum absolute atomic E-state index is 12.5. The maximum Gasteiger partial charge on any atom is 0.419 e. The Morgan fingerprint density at radius 2 is 1.94 bits per heavy atom. The SMILES string of the molecule is O=Cc1ccc(OCC(F)F)c(C(F)(F)F)c1. The van der Waals surface area contributed by atoms with Gasteiger partial charge in [-0.05, 0) is 18.2 Å². The summed E-state index contributed by atoms with van der Waals surface area (Å²) < 4.78 is 65.5. The van der Waals surface area contributed by atoms with Gasteiger partial charge in [0.15, 0.2) is 0 Å². The molecule has 0 aliphatic carbocycles. The lowest BCUT2D eigenvalue weighted by Crippen LogP contribution is -2.13. The van der Waals surface area contributed by atoms with E-state index in [1.807, 2.05) is 0 Å². The van der Waals surface area contributed by atoms with Crippen LogP contribution in [0.15, 0.2) is 18.2 Å². The molecule has 1 aromatic carbocycles. The second-order valence-corrected chi connectivity index (χ2v) is 3.07. The monoisotopic (exact) mass is 254 g/mol. The molecule has 0 spiro atoms. The van der Waals surface area contributed by atoms with Crippen molar-refractivity contribution in [2.24, 2.45) is 0 Å². The fourth-order valence-electron chi connectivity index (χ4n) is 1.12. The molecule has 0 amide bonds. The first-order valence-corrected chi connectivity index (χ1v) is 4.42. The highest BCUT2D eigenvalue weighted by Crippen LogP contribution is 2.36. The van der Waals surface area contributed by atoms with E-state index in [0.29, 0.717) is 6.07 Å². The Labute approximate surface area is 93.0 Å². The van der Waals surface area contributed by atoms with E-state index < -0.39 is 30.5 Å². The van der Waals surface area contributed by atoms with Crippen molar-refractivity contribution in [3.63, 3.8) is 0 Å². The lowest BCUT2D eigenvalue weighted by molar-refractivity contribution is -0.139. The molecule has 7 heteroatoms. The van der Waals surface area contributed by atoms with E-state index in [1.54, 1.807) is 0 Å². The zero-order chi connectivity index (χ0) is 13.1. The molecule has 0 radical (unpaired) electrons. The Hall–Kier alpha value is -1.66. The Morgan fingerprint density at radius 3 is 2.41 bits per heavy atom. The molecule has 2 nitrogen and oxygen atoms in total. The molecule has 0 fully saturated rings. The molecule has 0 heterocycles. The van der Waals surface area contributed by atoms with Gasteiger partial charge in [0, 0.05) is 5.56 Å². The summed E-state index contributed by atoms with van der Waals surface area (Å²) in [7, 11) is 0. The number of ether oxygens (including phenoxy) is 1. The third-order valence-electron chi connectivity index (χ3n) is 1.81. The first-order valence-electron chi connectivity index (χ1n) is 4.42. The standard InChI is InChI=1S/C10H7F5O2/c11-9(12)5-17-8-2-1-6(4-16)3-7(8)10(13,14)15/h1-4,9H,5H2. The van der Waals surface area contributed by atoms with Crippen molar-refractivity contribution in [1.29, 1.82) is 0 Å². The van der Waals surface area contributed by atoms with E-state index in [2.05, 4.69) is 4.74 Å². The van der Waals surface area contributed by atoms with Crippen molar-refractivity contribution in [3.05, 3.63) is 29.3 Å². The summed E-state index contributed by atoms with van der Waals surface area (Å²) in [6, 6.07) is 2.45. The first kappa shape index (κ1) is 13.4. The molecular weight excluding hydrogens is 247 g/mol. The normalized spacial score (nSPS) is 11.6. The summed E-state index contributed by atoms with van der Waals surface area (Å²) >= 11 is 0. The van der Waals surface area contributed by atoms with Crippen molar-refractivity contribution in [2.75, 3.05) is 6.61 Å². The van der Waals surface area contributed by atoms with Crippen LogP contribution in [0.4, 0.5) is 22.0 Å². The van der Waals surface area contributed by atoms with E-state index in [4.69, 9.17) is 0 Å². The van der Waals surface area contributed by atoms with Crippen molar-refractivity contribution in [2.45, 2.75) is 12.6 Å². The average Bonchev–Trinajstić information content (AvgIpc) is 2.24. The fraction of sp³-hybridized carbons (Fsp3) is 0.300. The van der Waals surface area contributed by atoms with Gasteiger partial charge in [-0.2, -0.15) is 13.2 Å². The minimum atomic E-state index is -4.77. The molecule has 0 aromatic heterocycles. The Balaban J connectivity index is 3.07. The number of aldehydes is 1. The number of carbonyl (C=O) groups excluding carboxylic acids is 1. The van der Waals surface area contributed by atoms with Gasteiger partial charge in [0.05, 0.1) is 5.56 Å². The van der Waals surface area contributed by atoms with Gasteiger partial charge in [-0.15, -0.1) is 0 Å². The Morgan fingerprint density at radius 1 is 1.29 bits per heavy atom. The molecule has 0 aliphatic heterocycles. The fourth-order valence-corrected chi connectivity index (χ4v) is 1.12. The highest BCUT2D eigenvalue weighted by atomic mass is 19.4. The minimum Gasteiger partial charge on any atom is -0.487 e. The quantitative estimate of drug-likeness (QED) is 0.609. The topological polar surface area (TPSA) is 26.3 Å². The summed E-state index contributed by atoms with van der Waals surface area (Å²) in [5.41, 5.74) is -1.45. The van der Waals surface area contributed by atoms with Gasteiger partial charge in [0.25, 0.3) is 6.43 Å². The molecule has 1 aromatic rings. The van der Waals surface area contributed by atoms with Crippen LogP contribution in [0.2, 0.25) is 0 Å². The number of hydrogen-bond acceptors (Lipinski definition) is 2. The van der Waals surface area contributed by atoms with Crippen LogP contribution in [0.1, 0.15) is 15.9 Å². The number of benzene rings is 1. The minimum absolute atomic E-state index is 0.207. The zero-order valence-corrected chi connectivity index (χ0v) is 8.30. The second-order valence-electron chi connectivity index (χ2n) is 3.07. The van der Waals surface area contributed by atoms with Crippen molar-refractivity contribution < 1.29 is 31.5 Å². The van der Waals surface area contributed by atoms with Gasteiger partial charge in [-0.1, -0.05) is 0 Å². The first-order chi connectivity index (χ1) is 7.84. The summed E-state index contributed by atoms with van der Waals surface area (Å²) in [5, 5.41) is 0. The number of rotatable bonds is 4. The predicted octanol–water partition coefficient (Wildman–Crippen LogP) is 3.16. The third-order valence-corrected chi connectivity index (χ3v) is 1.81. The van der Waals surface area contributed by atoms with Crippen molar-refractivity contribution >= 4 is 6.29 Å². The van der Waals surface area contributed by atoms with E-state index in [9.17, 15) is 26.7 Å². The summed E-state index contributed by atoms with van der Waals surface area (Å²) in [6.45, 7) is -1.14. The van der Waals surface area contributed by atoms with Gasteiger partial charge in [0.1, 0.15) is 18.6 Å². The zero-order valence-electron chi connectivity index (χ0n) is 8.30. The molecule has 0 saturated carbocycles. The molecule has 1 rings (SSSR count). The van der Waals surface area contributed by atoms with Crippen molar-refractivity contribution in [1.82, 2.24) is 0 Å². The molecule has 17 heavy (non-hydrogen) atoms.